The van der Waals surface area contributed by atoms with Gasteiger partial charge in [-0.1, -0.05) is 23.2 Å². The van der Waals surface area contributed by atoms with Crippen LogP contribution in [0.15, 0.2) is 42.7 Å². The number of piperidine rings is 2. The van der Waals surface area contributed by atoms with Crippen LogP contribution in [0.1, 0.15) is 36.2 Å². The van der Waals surface area contributed by atoms with Gasteiger partial charge in [0.2, 0.25) is 0 Å². The van der Waals surface area contributed by atoms with Crippen LogP contribution in [0.25, 0.3) is 5.65 Å². The van der Waals surface area contributed by atoms with Crippen LogP contribution in [-0.4, -0.2) is 63.4 Å². The molecule has 0 bridgehead atoms. The lowest BCUT2D eigenvalue weighted by atomic mass is 9.98. The lowest BCUT2D eigenvalue weighted by Gasteiger charge is -2.41. The van der Waals surface area contributed by atoms with E-state index in [2.05, 4.69) is 9.88 Å². The van der Waals surface area contributed by atoms with Crippen LogP contribution in [0.5, 0.6) is 5.75 Å². The third-order valence-electron chi connectivity index (χ3n) is 6.57. The van der Waals surface area contributed by atoms with Crippen molar-refractivity contribution < 1.29 is 13.9 Å². The second-order valence-corrected chi connectivity index (χ2v) is 9.51. The van der Waals surface area contributed by atoms with E-state index in [4.69, 9.17) is 27.9 Å². The number of carbonyl (C=O) groups is 1. The molecular formula is C24H25Cl2FN4O2. The Kier molecular flexibility index (Phi) is 6.45. The number of imidazole rings is 1. The molecule has 0 N–H and O–H groups in total. The second-order valence-electron chi connectivity index (χ2n) is 8.69. The van der Waals surface area contributed by atoms with Gasteiger partial charge in [-0.25, -0.2) is 9.37 Å². The van der Waals surface area contributed by atoms with Gasteiger partial charge in [0, 0.05) is 50.7 Å². The summed E-state index contributed by atoms with van der Waals surface area (Å²) in [7, 11) is 0. The molecule has 2 aromatic heterocycles. The van der Waals surface area contributed by atoms with Gasteiger partial charge in [0.05, 0.1) is 10.0 Å². The number of hydrogen-bond acceptors (Lipinski definition) is 4. The van der Waals surface area contributed by atoms with Gasteiger partial charge >= 0.3 is 0 Å². The maximum Gasteiger partial charge on any atom is 0.274 e. The zero-order valence-corrected chi connectivity index (χ0v) is 19.6. The molecule has 0 saturated carbocycles. The minimum Gasteiger partial charge on any atom is -0.490 e. The first kappa shape index (κ1) is 22.4. The number of fused-ring (bicyclic) bond motifs is 1. The highest BCUT2D eigenvalue weighted by molar-refractivity contribution is 6.42. The molecule has 5 rings (SSSR count). The molecule has 2 aliphatic rings. The molecule has 6 nitrogen and oxygen atoms in total. The number of amides is 1. The number of pyridine rings is 1. The monoisotopic (exact) mass is 490 g/mol. The predicted octanol–water partition coefficient (Wildman–Crippen LogP) is 4.93. The van der Waals surface area contributed by atoms with Gasteiger partial charge < -0.3 is 14.0 Å². The fraction of sp³-hybridized carbons (Fsp3) is 0.417. The highest BCUT2D eigenvalue weighted by Gasteiger charge is 2.31. The quantitative estimate of drug-likeness (QED) is 0.520. The molecule has 1 aromatic carbocycles. The van der Waals surface area contributed by atoms with Crippen LogP contribution in [0, 0.1) is 5.82 Å². The number of hydrogen-bond donors (Lipinski definition) is 0. The van der Waals surface area contributed by atoms with Crippen molar-refractivity contribution in [3.8, 4) is 5.75 Å². The van der Waals surface area contributed by atoms with Gasteiger partial charge in [0.25, 0.3) is 5.91 Å². The first-order chi connectivity index (χ1) is 16.0. The standard InChI is InChI=1S/C24H25Cl2FN4O2/c25-20-3-2-19(13-21(20)26)33-18-7-11-29(12-8-18)17-5-9-30(10-6-17)24(32)22-15-31-14-16(27)1-4-23(31)28-22/h1-4,13-15,17-18H,5-12H2. The van der Waals surface area contributed by atoms with Crippen LogP contribution in [0.3, 0.4) is 0 Å². The number of halogens is 3. The molecular weight excluding hydrogens is 466 g/mol. The molecule has 4 heterocycles. The summed E-state index contributed by atoms with van der Waals surface area (Å²) in [5.74, 6) is 0.307. The minimum absolute atomic E-state index is 0.0914. The summed E-state index contributed by atoms with van der Waals surface area (Å²) < 4.78 is 21.1. The van der Waals surface area contributed by atoms with Gasteiger partial charge in [-0.15, -0.1) is 0 Å². The number of carbonyl (C=O) groups excluding carboxylic acids is 1. The summed E-state index contributed by atoms with van der Waals surface area (Å²) in [6, 6.07) is 8.77. The molecule has 2 aliphatic heterocycles. The van der Waals surface area contributed by atoms with E-state index in [-0.39, 0.29) is 17.8 Å². The fourth-order valence-corrected chi connectivity index (χ4v) is 5.05. The minimum atomic E-state index is -0.356. The third kappa shape index (κ3) is 4.95. The van der Waals surface area contributed by atoms with E-state index < -0.39 is 0 Å². The van der Waals surface area contributed by atoms with Crippen molar-refractivity contribution in [2.24, 2.45) is 0 Å². The Balaban J connectivity index is 1.11. The molecule has 3 aromatic rings. The van der Waals surface area contributed by atoms with E-state index in [1.165, 1.54) is 12.3 Å². The van der Waals surface area contributed by atoms with Crippen LogP contribution in [-0.2, 0) is 0 Å². The largest absolute Gasteiger partial charge is 0.490 e. The topological polar surface area (TPSA) is 50.1 Å². The van der Waals surface area contributed by atoms with E-state index >= 15 is 0 Å². The van der Waals surface area contributed by atoms with Crippen molar-refractivity contribution in [1.82, 2.24) is 19.2 Å². The molecule has 0 atom stereocenters. The first-order valence-corrected chi connectivity index (χ1v) is 12.0. The Morgan fingerprint density at radius 3 is 2.45 bits per heavy atom. The van der Waals surface area contributed by atoms with E-state index in [1.807, 2.05) is 11.0 Å². The lowest BCUT2D eigenvalue weighted by Crippen LogP contribution is -2.50. The van der Waals surface area contributed by atoms with E-state index in [1.54, 1.807) is 28.8 Å². The molecule has 1 amide bonds. The van der Waals surface area contributed by atoms with Crippen LogP contribution >= 0.6 is 23.2 Å². The Hall–Kier alpha value is -2.35. The van der Waals surface area contributed by atoms with Gasteiger partial charge in [-0.05, 0) is 49.9 Å². The molecule has 2 saturated heterocycles. The van der Waals surface area contributed by atoms with Gasteiger partial charge in [0.1, 0.15) is 29.0 Å². The molecule has 0 aliphatic carbocycles. The number of rotatable bonds is 4. The lowest BCUT2D eigenvalue weighted by molar-refractivity contribution is 0.0423. The van der Waals surface area contributed by atoms with Crippen molar-refractivity contribution in [2.75, 3.05) is 26.2 Å². The van der Waals surface area contributed by atoms with Crippen molar-refractivity contribution in [1.29, 1.82) is 0 Å². The zero-order valence-electron chi connectivity index (χ0n) is 18.1. The van der Waals surface area contributed by atoms with Crippen LogP contribution < -0.4 is 4.74 Å². The predicted molar refractivity (Wildman–Crippen MR) is 126 cm³/mol. The summed E-state index contributed by atoms with van der Waals surface area (Å²) in [6.07, 6.45) is 6.89. The van der Waals surface area contributed by atoms with Crippen molar-refractivity contribution >= 4 is 34.8 Å². The smallest absolute Gasteiger partial charge is 0.274 e. The number of ether oxygens (including phenoxy) is 1. The van der Waals surface area contributed by atoms with Crippen molar-refractivity contribution in [3.05, 3.63) is 64.3 Å². The molecule has 0 unspecified atom stereocenters. The number of likely N-dealkylation sites (tertiary alicyclic amines) is 2. The number of aromatic nitrogens is 2. The highest BCUT2D eigenvalue weighted by Crippen LogP contribution is 2.29. The molecule has 33 heavy (non-hydrogen) atoms. The Morgan fingerprint density at radius 1 is 0.970 bits per heavy atom. The van der Waals surface area contributed by atoms with Crippen molar-refractivity contribution in [3.63, 3.8) is 0 Å². The summed E-state index contributed by atoms with van der Waals surface area (Å²) in [5, 5.41) is 1.03. The molecule has 0 spiro atoms. The highest BCUT2D eigenvalue weighted by atomic mass is 35.5. The summed E-state index contributed by atoms with van der Waals surface area (Å²) >= 11 is 12.1. The second kappa shape index (κ2) is 9.49. The first-order valence-electron chi connectivity index (χ1n) is 11.3. The maximum atomic E-state index is 13.4. The maximum absolute atomic E-state index is 13.4. The van der Waals surface area contributed by atoms with Gasteiger partial charge in [-0.2, -0.15) is 0 Å². The molecule has 9 heteroatoms. The SMILES string of the molecule is O=C(c1cn2cc(F)ccc2n1)N1CCC(N2CCC(Oc3ccc(Cl)c(Cl)c3)CC2)CC1. The summed E-state index contributed by atoms with van der Waals surface area (Å²) in [6.45, 7) is 3.35. The number of nitrogens with zero attached hydrogens (tertiary/aromatic N) is 4. The molecule has 2 fully saturated rings. The zero-order chi connectivity index (χ0) is 22.9. The van der Waals surface area contributed by atoms with Crippen LogP contribution in [0.4, 0.5) is 4.39 Å². The average molecular weight is 491 g/mol. The van der Waals surface area contributed by atoms with Crippen molar-refractivity contribution in [2.45, 2.75) is 37.8 Å². The summed E-state index contributed by atoms with van der Waals surface area (Å²) in [5.41, 5.74) is 0.930. The van der Waals surface area contributed by atoms with E-state index in [0.717, 1.165) is 44.5 Å². The molecule has 174 valence electrons. The van der Waals surface area contributed by atoms with E-state index in [0.29, 0.717) is 40.5 Å². The normalized spacial score (nSPS) is 18.7. The Bertz CT molecular complexity index is 1150. The summed E-state index contributed by atoms with van der Waals surface area (Å²) in [4.78, 5) is 21.6. The molecule has 0 radical (unpaired) electrons. The average Bonchev–Trinajstić information content (AvgIpc) is 3.25. The van der Waals surface area contributed by atoms with Gasteiger partial charge in [0.15, 0.2) is 0 Å². The Labute approximate surface area is 201 Å². The fourth-order valence-electron chi connectivity index (χ4n) is 4.77. The van der Waals surface area contributed by atoms with Gasteiger partial charge in [-0.3, -0.25) is 9.69 Å². The number of benzene rings is 1. The Morgan fingerprint density at radius 2 is 1.73 bits per heavy atom. The third-order valence-corrected chi connectivity index (χ3v) is 7.31. The van der Waals surface area contributed by atoms with Crippen LogP contribution in [0.2, 0.25) is 10.0 Å². The van der Waals surface area contributed by atoms with E-state index in [9.17, 15) is 9.18 Å².